The van der Waals surface area contributed by atoms with Gasteiger partial charge in [0.25, 0.3) is 5.78 Å². The van der Waals surface area contributed by atoms with Crippen molar-refractivity contribution in [2.24, 2.45) is 0 Å². The van der Waals surface area contributed by atoms with E-state index in [9.17, 15) is 0 Å². The molecule has 1 aromatic carbocycles. The van der Waals surface area contributed by atoms with Gasteiger partial charge < -0.3 is 4.90 Å². The topological polar surface area (TPSA) is 46.3 Å². The molecule has 0 aliphatic carbocycles. The summed E-state index contributed by atoms with van der Waals surface area (Å²) in [5, 5.41) is 4.64. The van der Waals surface area contributed by atoms with Crippen LogP contribution in [0.25, 0.3) is 5.78 Å². The number of halogens is 1. The lowest BCUT2D eigenvalue weighted by molar-refractivity contribution is 0.776. The molecule has 0 bridgehead atoms. The van der Waals surface area contributed by atoms with Gasteiger partial charge in [-0.05, 0) is 12.5 Å². The molecule has 0 aliphatic heterocycles. The van der Waals surface area contributed by atoms with Crippen LogP contribution in [0.5, 0.6) is 0 Å². The third-order valence-corrected chi connectivity index (χ3v) is 3.32. The van der Waals surface area contributed by atoms with Crippen molar-refractivity contribution in [3.05, 3.63) is 53.4 Å². The second-order valence-corrected chi connectivity index (χ2v) is 4.80. The third-order valence-electron chi connectivity index (χ3n) is 3.12. The second kappa shape index (κ2) is 5.46. The van der Waals surface area contributed by atoms with Gasteiger partial charge in [-0.15, -0.1) is 0 Å². The summed E-state index contributed by atoms with van der Waals surface area (Å²) < 4.78 is 1.71. The van der Waals surface area contributed by atoms with Gasteiger partial charge in [-0.3, -0.25) is 0 Å². The van der Waals surface area contributed by atoms with Crippen LogP contribution in [-0.2, 0) is 6.54 Å². The lowest BCUT2D eigenvalue weighted by Gasteiger charge is -2.23. The highest BCUT2D eigenvalue weighted by molar-refractivity contribution is 6.29. The van der Waals surface area contributed by atoms with Gasteiger partial charge in [0.1, 0.15) is 17.3 Å². The molecule has 2 aromatic heterocycles. The summed E-state index contributed by atoms with van der Waals surface area (Å²) in [5.74, 6) is 1.41. The highest BCUT2D eigenvalue weighted by atomic mass is 35.5. The minimum absolute atomic E-state index is 0.423. The Morgan fingerprint density at radius 1 is 1.25 bits per heavy atom. The van der Waals surface area contributed by atoms with Crippen LogP contribution in [0.4, 0.5) is 5.82 Å². The van der Waals surface area contributed by atoms with Crippen LogP contribution in [0.3, 0.4) is 0 Å². The van der Waals surface area contributed by atoms with Crippen LogP contribution in [0.15, 0.2) is 42.7 Å². The van der Waals surface area contributed by atoms with E-state index in [0.29, 0.717) is 10.9 Å². The highest BCUT2D eigenvalue weighted by Crippen LogP contribution is 2.20. The Bertz CT molecular complexity index is 710. The molecule has 0 saturated heterocycles. The zero-order valence-electron chi connectivity index (χ0n) is 11.1. The first-order valence-corrected chi connectivity index (χ1v) is 6.81. The number of rotatable bonds is 4. The van der Waals surface area contributed by atoms with Crippen molar-refractivity contribution < 1.29 is 0 Å². The summed E-state index contributed by atoms with van der Waals surface area (Å²) in [6.07, 6.45) is 1.48. The molecule has 3 rings (SSSR count). The fourth-order valence-corrected chi connectivity index (χ4v) is 2.33. The van der Waals surface area contributed by atoms with Gasteiger partial charge in [0.15, 0.2) is 0 Å². The van der Waals surface area contributed by atoms with Crippen LogP contribution in [0, 0.1) is 0 Å². The van der Waals surface area contributed by atoms with Crippen molar-refractivity contribution in [3.63, 3.8) is 0 Å². The maximum Gasteiger partial charge on any atom is 0.255 e. The molecule has 0 aliphatic rings. The number of anilines is 1. The lowest BCUT2D eigenvalue weighted by Crippen LogP contribution is -2.24. The van der Waals surface area contributed by atoms with E-state index < -0.39 is 0 Å². The van der Waals surface area contributed by atoms with E-state index in [4.69, 9.17) is 11.6 Å². The highest BCUT2D eigenvalue weighted by Gasteiger charge is 2.13. The van der Waals surface area contributed by atoms with Crippen molar-refractivity contribution in [2.45, 2.75) is 13.5 Å². The lowest BCUT2D eigenvalue weighted by atomic mass is 10.2. The van der Waals surface area contributed by atoms with Crippen LogP contribution in [-0.4, -0.2) is 26.1 Å². The fraction of sp³-hybridized carbons (Fsp3) is 0.214. The first-order chi connectivity index (χ1) is 9.78. The fourth-order valence-electron chi connectivity index (χ4n) is 2.15. The standard InChI is InChI=1S/C14H14ClN5/c1-2-19(9-11-6-4-3-5-7-11)13-8-12(15)18-14-16-10-17-20(13)14/h3-8,10H,2,9H2,1H3. The Morgan fingerprint density at radius 2 is 2.05 bits per heavy atom. The van der Waals surface area contributed by atoms with Gasteiger partial charge in [-0.2, -0.15) is 19.6 Å². The van der Waals surface area contributed by atoms with E-state index >= 15 is 0 Å². The zero-order chi connectivity index (χ0) is 13.9. The molecule has 0 atom stereocenters. The van der Waals surface area contributed by atoms with Gasteiger partial charge in [0, 0.05) is 19.2 Å². The van der Waals surface area contributed by atoms with E-state index in [1.165, 1.54) is 11.9 Å². The van der Waals surface area contributed by atoms with E-state index in [-0.39, 0.29) is 0 Å². The summed E-state index contributed by atoms with van der Waals surface area (Å²) in [6, 6.07) is 12.1. The largest absolute Gasteiger partial charge is 0.352 e. The van der Waals surface area contributed by atoms with Gasteiger partial charge in [-0.1, -0.05) is 41.9 Å². The van der Waals surface area contributed by atoms with Crippen molar-refractivity contribution in [1.29, 1.82) is 0 Å². The van der Waals surface area contributed by atoms with Crippen LogP contribution < -0.4 is 4.90 Å². The normalized spacial score (nSPS) is 10.9. The number of nitrogens with zero attached hydrogens (tertiary/aromatic N) is 5. The Labute approximate surface area is 121 Å². The summed E-state index contributed by atoms with van der Waals surface area (Å²) in [7, 11) is 0. The number of hydrogen-bond acceptors (Lipinski definition) is 4. The van der Waals surface area contributed by atoms with Crippen molar-refractivity contribution in [1.82, 2.24) is 19.6 Å². The molecule has 2 heterocycles. The molecule has 0 saturated carbocycles. The predicted octanol–water partition coefficient (Wildman–Crippen LogP) is 2.80. The first kappa shape index (κ1) is 12.9. The molecular formula is C14H14ClN5. The first-order valence-electron chi connectivity index (χ1n) is 6.43. The maximum atomic E-state index is 6.07. The Hall–Kier alpha value is -2.14. The SMILES string of the molecule is CCN(Cc1ccccc1)c1cc(Cl)nc2ncnn12. The summed E-state index contributed by atoms with van der Waals surface area (Å²) in [5.41, 5.74) is 1.23. The summed E-state index contributed by atoms with van der Waals surface area (Å²) in [6.45, 7) is 3.72. The van der Waals surface area contributed by atoms with Crippen LogP contribution in [0.1, 0.15) is 12.5 Å². The van der Waals surface area contributed by atoms with Gasteiger partial charge in [-0.25, -0.2) is 0 Å². The zero-order valence-corrected chi connectivity index (χ0v) is 11.8. The molecule has 6 heteroatoms. The van der Waals surface area contributed by atoms with Gasteiger partial charge in [0.05, 0.1) is 0 Å². The molecule has 20 heavy (non-hydrogen) atoms. The van der Waals surface area contributed by atoms with Crippen LogP contribution >= 0.6 is 11.6 Å². The van der Waals surface area contributed by atoms with Crippen molar-refractivity contribution in [3.8, 4) is 0 Å². The molecule has 0 unspecified atom stereocenters. The average Bonchev–Trinajstić information content (AvgIpc) is 2.93. The molecule has 102 valence electrons. The van der Waals surface area contributed by atoms with Crippen LogP contribution in [0.2, 0.25) is 5.15 Å². The van der Waals surface area contributed by atoms with E-state index in [1.807, 2.05) is 24.3 Å². The molecule has 5 nitrogen and oxygen atoms in total. The molecule has 0 fully saturated rings. The minimum Gasteiger partial charge on any atom is -0.352 e. The van der Waals surface area contributed by atoms with E-state index in [1.54, 1.807) is 4.52 Å². The van der Waals surface area contributed by atoms with Crippen molar-refractivity contribution in [2.75, 3.05) is 11.4 Å². The van der Waals surface area contributed by atoms with E-state index in [0.717, 1.165) is 18.9 Å². The summed E-state index contributed by atoms with van der Waals surface area (Å²) in [4.78, 5) is 10.4. The van der Waals surface area contributed by atoms with Crippen molar-refractivity contribution >= 4 is 23.2 Å². The summed E-state index contributed by atoms with van der Waals surface area (Å²) >= 11 is 6.07. The predicted molar refractivity (Wildman–Crippen MR) is 79.0 cm³/mol. The molecule has 0 spiro atoms. The van der Waals surface area contributed by atoms with Gasteiger partial charge >= 0.3 is 0 Å². The minimum atomic E-state index is 0.423. The number of benzene rings is 1. The quantitative estimate of drug-likeness (QED) is 0.692. The Balaban J connectivity index is 2.01. The number of hydrogen-bond donors (Lipinski definition) is 0. The maximum absolute atomic E-state index is 6.07. The van der Waals surface area contributed by atoms with Gasteiger partial charge in [0.2, 0.25) is 0 Å². The monoisotopic (exact) mass is 287 g/mol. The van der Waals surface area contributed by atoms with E-state index in [2.05, 4.69) is 39.0 Å². The molecule has 0 radical (unpaired) electrons. The number of aromatic nitrogens is 4. The molecule has 0 N–H and O–H groups in total. The Kier molecular flexibility index (Phi) is 3.52. The molecule has 0 amide bonds. The smallest absolute Gasteiger partial charge is 0.255 e. The molecular weight excluding hydrogens is 274 g/mol. The Morgan fingerprint density at radius 3 is 2.80 bits per heavy atom. The third kappa shape index (κ3) is 2.44. The molecule has 3 aromatic rings. The number of fused-ring (bicyclic) bond motifs is 1. The average molecular weight is 288 g/mol. The second-order valence-electron chi connectivity index (χ2n) is 4.41.